The first kappa shape index (κ1) is 15.7. The zero-order valence-corrected chi connectivity index (χ0v) is 12.4. The molecule has 7 heteroatoms. The van der Waals surface area contributed by atoms with Gasteiger partial charge in [0.25, 0.3) is 5.91 Å². The molecule has 0 saturated heterocycles. The number of para-hydroxylation sites is 1. The van der Waals surface area contributed by atoms with E-state index >= 15 is 0 Å². The van der Waals surface area contributed by atoms with Crippen LogP contribution >= 0.6 is 0 Å². The molecule has 22 heavy (non-hydrogen) atoms. The van der Waals surface area contributed by atoms with Gasteiger partial charge >= 0.3 is 0 Å². The fourth-order valence-corrected chi connectivity index (χ4v) is 1.97. The fourth-order valence-electron chi connectivity index (χ4n) is 1.97. The lowest BCUT2D eigenvalue weighted by Crippen LogP contribution is -2.34. The van der Waals surface area contributed by atoms with Crippen LogP contribution in [0.3, 0.4) is 0 Å². The molecule has 1 aromatic carbocycles. The number of amides is 2. The summed E-state index contributed by atoms with van der Waals surface area (Å²) in [5, 5.41) is 9.61. The Balaban J connectivity index is 2.10. The van der Waals surface area contributed by atoms with Crippen LogP contribution in [-0.2, 0) is 11.3 Å². The highest BCUT2D eigenvalue weighted by Gasteiger charge is 2.12. The third-order valence-electron chi connectivity index (χ3n) is 3.05. The summed E-state index contributed by atoms with van der Waals surface area (Å²) in [5.41, 5.74) is 7.66. The number of rotatable bonds is 6. The van der Waals surface area contributed by atoms with Crippen molar-refractivity contribution in [1.29, 1.82) is 0 Å². The summed E-state index contributed by atoms with van der Waals surface area (Å²) in [6.45, 7) is 2.58. The van der Waals surface area contributed by atoms with Crippen LogP contribution in [0.1, 0.15) is 22.8 Å². The minimum atomic E-state index is -0.217. The predicted molar refractivity (Wildman–Crippen MR) is 82.5 cm³/mol. The molecule has 0 saturated carbocycles. The van der Waals surface area contributed by atoms with Gasteiger partial charge in [0.05, 0.1) is 17.4 Å². The maximum absolute atomic E-state index is 12.3. The van der Waals surface area contributed by atoms with Crippen molar-refractivity contribution in [3.63, 3.8) is 0 Å². The standard InChI is InChI=1S/C15H19N5O2/c1-11(21)17-6-7-18-15(22)13-4-2-3-5-14(13)20-10-12(8-16)9-19-20/h2-5,9-10H,6-8,16H2,1H3,(H,17,21)(H,18,22). The van der Waals surface area contributed by atoms with E-state index in [0.717, 1.165) is 5.56 Å². The molecule has 4 N–H and O–H groups in total. The van der Waals surface area contributed by atoms with Crippen molar-refractivity contribution < 1.29 is 9.59 Å². The molecule has 2 aromatic rings. The summed E-state index contributed by atoms with van der Waals surface area (Å²) >= 11 is 0. The fraction of sp³-hybridized carbons (Fsp3) is 0.267. The SMILES string of the molecule is CC(=O)NCCNC(=O)c1ccccc1-n1cc(CN)cn1. The van der Waals surface area contributed by atoms with E-state index in [1.807, 2.05) is 12.1 Å². The number of hydrogen-bond donors (Lipinski definition) is 3. The van der Waals surface area contributed by atoms with Crippen molar-refractivity contribution >= 4 is 11.8 Å². The number of carbonyl (C=O) groups is 2. The molecule has 0 radical (unpaired) electrons. The van der Waals surface area contributed by atoms with Crippen molar-refractivity contribution in [1.82, 2.24) is 20.4 Å². The minimum Gasteiger partial charge on any atom is -0.355 e. The number of nitrogens with two attached hydrogens (primary N) is 1. The highest BCUT2D eigenvalue weighted by atomic mass is 16.2. The molecular weight excluding hydrogens is 282 g/mol. The van der Waals surface area contributed by atoms with Crippen LogP contribution < -0.4 is 16.4 Å². The first-order chi connectivity index (χ1) is 10.6. The Bertz CT molecular complexity index is 665. The number of carbonyl (C=O) groups excluding carboxylic acids is 2. The van der Waals surface area contributed by atoms with Crippen LogP contribution in [-0.4, -0.2) is 34.7 Å². The second kappa shape index (κ2) is 7.37. The van der Waals surface area contributed by atoms with Crippen LogP contribution in [0.15, 0.2) is 36.7 Å². The summed E-state index contributed by atoms with van der Waals surface area (Å²) < 4.78 is 1.63. The van der Waals surface area contributed by atoms with Gasteiger partial charge in [-0.1, -0.05) is 12.1 Å². The lowest BCUT2D eigenvalue weighted by molar-refractivity contribution is -0.118. The Hall–Kier alpha value is -2.67. The molecule has 1 heterocycles. The van der Waals surface area contributed by atoms with Gasteiger partial charge in [-0.3, -0.25) is 9.59 Å². The third-order valence-corrected chi connectivity index (χ3v) is 3.05. The number of benzene rings is 1. The lowest BCUT2D eigenvalue weighted by Gasteiger charge is -2.10. The smallest absolute Gasteiger partial charge is 0.253 e. The van der Waals surface area contributed by atoms with Crippen LogP contribution in [0.5, 0.6) is 0 Å². The topological polar surface area (TPSA) is 102 Å². The second-order valence-electron chi connectivity index (χ2n) is 4.75. The molecule has 1 aromatic heterocycles. The molecule has 0 atom stereocenters. The molecule has 116 valence electrons. The van der Waals surface area contributed by atoms with Gasteiger partial charge in [0.15, 0.2) is 0 Å². The average molecular weight is 301 g/mol. The Morgan fingerprint density at radius 3 is 2.64 bits per heavy atom. The molecule has 7 nitrogen and oxygen atoms in total. The van der Waals surface area contributed by atoms with Gasteiger partial charge < -0.3 is 16.4 Å². The van der Waals surface area contributed by atoms with Gasteiger partial charge in [-0.25, -0.2) is 4.68 Å². The molecule has 0 aliphatic heterocycles. The predicted octanol–water partition coefficient (Wildman–Crippen LogP) is 0.197. The van der Waals surface area contributed by atoms with Gasteiger partial charge in [0.2, 0.25) is 5.91 Å². The maximum Gasteiger partial charge on any atom is 0.253 e. The molecule has 0 unspecified atom stereocenters. The zero-order chi connectivity index (χ0) is 15.9. The van der Waals surface area contributed by atoms with Crippen molar-refractivity contribution in [2.45, 2.75) is 13.5 Å². The van der Waals surface area contributed by atoms with Crippen molar-refractivity contribution in [2.75, 3.05) is 13.1 Å². The number of aromatic nitrogens is 2. The number of nitrogens with one attached hydrogen (secondary N) is 2. The molecule has 2 amide bonds. The monoisotopic (exact) mass is 301 g/mol. The summed E-state index contributed by atoms with van der Waals surface area (Å²) in [6.07, 6.45) is 3.47. The molecule has 2 rings (SSSR count). The quantitative estimate of drug-likeness (QED) is 0.663. The Labute approximate surface area is 128 Å². The lowest BCUT2D eigenvalue weighted by atomic mass is 10.1. The summed E-state index contributed by atoms with van der Waals surface area (Å²) in [7, 11) is 0. The molecule has 0 aliphatic rings. The Kier molecular flexibility index (Phi) is 5.26. The largest absolute Gasteiger partial charge is 0.355 e. The van der Waals surface area contributed by atoms with Crippen LogP contribution in [0, 0.1) is 0 Å². The summed E-state index contributed by atoms with van der Waals surface area (Å²) in [6, 6.07) is 7.18. The maximum atomic E-state index is 12.3. The molecule has 0 spiro atoms. The van der Waals surface area contributed by atoms with Crippen molar-refractivity contribution in [2.24, 2.45) is 5.73 Å². The van der Waals surface area contributed by atoms with E-state index in [-0.39, 0.29) is 11.8 Å². The number of nitrogens with zero attached hydrogens (tertiary/aromatic N) is 2. The van der Waals surface area contributed by atoms with E-state index in [0.29, 0.717) is 30.9 Å². The van der Waals surface area contributed by atoms with Crippen LogP contribution in [0.4, 0.5) is 0 Å². The molecular formula is C15H19N5O2. The Morgan fingerprint density at radius 2 is 1.95 bits per heavy atom. The van der Waals surface area contributed by atoms with Gasteiger partial charge in [-0.15, -0.1) is 0 Å². The average Bonchev–Trinajstić information content (AvgIpc) is 3.00. The highest BCUT2D eigenvalue weighted by Crippen LogP contribution is 2.14. The van der Waals surface area contributed by atoms with E-state index in [1.54, 1.807) is 29.2 Å². The van der Waals surface area contributed by atoms with E-state index < -0.39 is 0 Å². The first-order valence-electron chi connectivity index (χ1n) is 6.97. The second-order valence-corrected chi connectivity index (χ2v) is 4.75. The molecule has 0 aliphatic carbocycles. The van der Waals surface area contributed by atoms with Crippen LogP contribution in [0.25, 0.3) is 5.69 Å². The normalized spacial score (nSPS) is 10.3. The molecule has 0 fully saturated rings. The van der Waals surface area contributed by atoms with E-state index in [2.05, 4.69) is 15.7 Å². The van der Waals surface area contributed by atoms with Gasteiger partial charge in [0.1, 0.15) is 0 Å². The Morgan fingerprint density at radius 1 is 1.23 bits per heavy atom. The van der Waals surface area contributed by atoms with E-state index in [9.17, 15) is 9.59 Å². The van der Waals surface area contributed by atoms with Crippen LogP contribution in [0.2, 0.25) is 0 Å². The summed E-state index contributed by atoms with van der Waals surface area (Å²) in [4.78, 5) is 23.1. The minimum absolute atomic E-state index is 0.125. The first-order valence-corrected chi connectivity index (χ1v) is 6.97. The van der Waals surface area contributed by atoms with Gasteiger partial charge in [-0.05, 0) is 12.1 Å². The summed E-state index contributed by atoms with van der Waals surface area (Å²) in [5.74, 6) is -0.341. The molecule has 0 bridgehead atoms. The zero-order valence-electron chi connectivity index (χ0n) is 12.4. The van der Waals surface area contributed by atoms with Gasteiger partial charge in [-0.2, -0.15) is 5.10 Å². The third kappa shape index (κ3) is 3.92. The van der Waals surface area contributed by atoms with E-state index in [4.69, 9.17) is 5.73 Å². The number of hydrogen-bond acceptors (Lipinski definition) is 4. The van der Waals surface area contributed by atoms with Crippen molar-refractivity contribution in [3.8, 4) is 5.69 Å². The highest BCUT2D eigenvalue weighted by molar-refractivity contribution is 5.97. The van der Waals surface area contributed by atoms with E-state index in [1.165, 1.54) is 6.92 Å². The van der Waals surface area contributed by atoms with Gasteiger partial charge in [0, 0.05) is 38.3 Å². The van der Waals surface area contributed by atoms with Crippen molar-refractivity contribution in [3.05, 3.63) is 47.8 Å².